The van der Waals surface area contributed by atoms with Crippen molar-refractivity contribution < 1.29 is 19.8 Å². The summed E-state index contributed by atoms with van der Waals surface area (Å²) in [6.45, 7) is 2.62. The standard InChI is InChI=1S/C20H20N6O4/c1-2-11-21-26-25-20-23-18(16(29)12-7-3-5-9-14(12)27)22-19(24-20)17(30)13-8-4-6-10-15(13)28/h3-10,21,26-28H,2,11H2,1H3,(H,22,23,24,25). The molecule has 0 amide bonds. The van der Waals surface area contributed by atoms with Crippen LogP contribution in [-0.4, -0.2) is 43.3 Å². The Morgan fingerprint density at radius 3 is 1.80 bits per heavy atom. The number of hydrazine groups is 2. The highest BCUT2D eigenvalue weighted by Gasteiger charge is 2.23. The Labute approximate surface area is 172 Å². The second-order valence-electron chi connectivity index (χ2n) is 6.18. The minimum absolute atomic E-state index is 0.0207. The summed E-state index contributed by atoms with van der Waals surface area (Å²) in [7, 11) is 0. The second-order valence-corrected chi connectivity index (χ2v) is 6.18. The van der Waals surface area contributed by atoms with E-state index >= 15 is 0 Å². The van der Waals surface area contributed by atoms with Crippen molar-refractivity contribution in [2.75, 3.05) is 12.0 Å². The number of ketones is 2. The van der Waals surface area contributed by atoms with E-state index in [1.165, 1.54) is 24.3 Å². The maximum absolute atomic E-state index is 12.8. The average Bonchev–Trinajstić information content (AvgIpc) is 2.76. The summed E-state index contributed by atoms with van der Waals surface area (Å²) in [5.41, 5.74) is 8.12. The van der Waals surface area contributed by atoms with Crippen LogP contribution < -0.4 is 16.4 Å². The number of nitrogens with zero attached hydrogens (tertiary/aromatic N) is 3. The van der Waals surface area contributed by atoms with Crippen LogP contribution in [0.3, 0.4) is 0 Å². The molecule has 0 radical (unpaired) electrons. The number of carbonyl (C=O) groups excluding carboxylic acids is 2. The summed E-state index contributed by atoms with van der Waals surface area (Å²) in [5.74, 6) is -2.64. The van der Waals surface area contributed by atoms with Crippen LogP contribution >= 0.6 is 0 Å². The van der Waals surface area contributed by atoms with Gasteiger partial charge in [-0.2, -0.15) is 15.5 Å². The van der Waals surface area contributed by atoms with Crippen molar-refractivity contribution in [2.45, 2.75) is 13.3 Å². The molecule has 0 bridgehead atoms. The number of hydrogen-bond acceptors (Lipinski definition) is 10. The minimum atomic E-state index is -0.689. The fourth-order valence-electron chi connectivity index (χ4n) is 2.49. The lowest BCUT2D eigenvalue weighted by atomic mass is 10.1. The maximum Gasteiger partial charge on any atom is 0.242 e. The van der Waals surface area contributed by atoms with Gasteiger partial charge in [0.15, 0.2) is 0 Å². The summed E-state index contributed by atoms with van der Waals surface area (Å²) < 4.78 is 0. The number of hydrogen-bond donors (Lipinski definition) is 5. The summed E-state index contributed by atoms with van der Waals surface area (Å²) >= 11 is 0. The predicted molar refractivity (Wildman–Crippen MR) is 108 cm³/mol. The quantitative estimate of drug-likeness (QED) is 0.201. The van der Waals surface area contributed by atoms with Crippen molar-refractivity contribution in [3.8, 4) is 11.5 Å². The van der Waals surface area contributed by atoms with E-state index in [-0.39, 0.29) is 40.2 Å². The fourth-order valence-corrected chi connectivity index (χ4v) is 2.49. The summed E-state index contributed by atoms with van der Waals surface area (Å²) in [6.07, 6.45) is 0.861. The lowest BCUT2D eigenvalue weighted by Gasteiger charge is -2.10. The van der Waals surface area contributed by atoms with E-state index in [0.29, 0.717) is 6.54 Å². The van der Waals surface area contributed by atoms with Crippen LogP contribution in [0, 0.1) is 0 Å². The molecule has 0 aliphatic heterocycles. The Bertz CT molecular complexity index is 997. The van der Waals surface area contributed by atoms with Crippen molar-refractivity contribution in [1.82, 2.24) is 25.9 Å². The van der Waals surface area contributed by atoms with Gasteiger partial charge in [-0.15, -0.1) is 0 Å². The predicted octanol–water partition coefficient (Wildman–Crippen LogP) is 1.58. The van der Waals surface area contributed by atoms with E-state index in [0.717, 1.165) is 6.42 Å². The molecule has 2 aromatic carbocycles. The maximum atomic E-state index is 12.8. The second kappa shape index (κ2) is 9.54. The van der Waals surface area contributed by atoms with Crippen molar-refractivity contribution in [2.24, 2.45) is 0 Å². The first-order valence-corrected chi connectivity index (χ1v) is 9.16. The van der Waals surface area contributed by atoms with Gasteiger partial charge in [0.1, 0.15) is 11.5 Å². The van der Waals surface area contributed by atoms with Crippen LogP contribution in [0.5, 0.6) is 11.5 Å². The molecule has 10 heteroatoms. The molecule has 10 nitrogen and oxygen atoms in total. The molecule has 0 saturated heterocycles. The number of aromatic nitrogens is 3. The molecular weight excluding hydrogens is 388 g/mol. The summed E-state index contributed by atoms with van der Waals surface area (Å²) in [4.78, 5) is 37.7. The number of anilines is 1. The Morgan fingerprint density at radius 1 is 0.833 bits per heavy atom. The third kappa shape index (κ3) is 4.74. The van der Waals surface area contributed by atoms with Crippen LogP contribution in [0.2, 0.25) is 0 Å². The molecule has 0 spiro atoms. The van der Waals surface area contributed by atoms with Gasteiger partial charge in [0.2, 0.25) is 29.2 Å². The van der Waals surface area contributed by atoms with Gasteiger partial charge >= 0.3 is 0 Å². The third-order valence-electron chi connectivity index (χ3n) is 3.98. The van der Waals surface area contributed by atoms with Gasteiger partial charge in [-0.3, -0.25) is 15.0 Å². The Kier molecular flexibility index (Phi) is 6.63. The molecule has 0 atom stereocenters. The van der Waals surface area contributed by atoms with E-state index in [1.54, 1.807) is 24.3 Å². The van der Waals surface area contributed by atoms with Crippen molar-refractivity contribution in [3.63, 3.8) is 0 Å². The zero-order chi connectivity index (χ0) is 21.5. The topological polar surface area (TPSA) is 149 Å². The first-order valence-electron chi connectivity index (χ1n) is 9.16. The van der Waals surface area contributed by atoms with Crippen LogP contribution in [0.25, 0.3) is 0 Å². The lowest BCUT2D eigenvalue weighted by Crippen LogP contribution is -2.38. The third-order valence-corrected chi connectivity index (χ3v) is 3.98. The number of rotatable bonds is 9. The van der Waals surface area contributed by atoms with E-state index in [9.17, 15) is 19.8 Å². The highest BCUT2D eigenvalue weighted by molar-refractivity contribution is 6.11. The van der Waals surface area contributed by atoms with E-state index < -0.39 is 11.6 Å². The van der Waals surface area contributed by atoms with Gasteiger partial charge in [-0.05, 0) is 30.7 Å². The molecule has 0 unspecified atom stereocenters. The smallest absolute Gasteiger partial charge is 0.242 e. The Morgan fingerprint density at radius 2 is 1.33 bits per heavy atom. The minimum Gasteiger partial charge on any atom is -0.507 e. The van der Waals surface area contributed by atoms with Gasteiger partial charge in [-0.1, -0.05) is 31.2 Å². The van der Waals surface area contributed by atoms with Crippen LogP contribution in [0.4, 0.5) is 5.95 Å². The fraction of sp³-hybridized carbons (Fsp3) is 0.150. The van der Waals surface area contributed by atoms with Gasteiger partial charge in [0.25, 0.3) is 0 Å². The highest BCUT2D eigenvalue weighted by Crippen LogP contribution is 2.21. The Balaban J connectivity index is 2.00. The van der Waals surface area contributed by atoms with Gasteiger partial charge in [0.05, 0.1) is 11.1 Å². The Hall–Kier alpha value is -3.89. The molecule has 5 N–H and O–H groups in total. The highest BCUT2D eigenvalue weighted by atomic mass is 16.3. The first kappa shape index (κ1) is 20.8. The lowest BCUT2D eigenvalue weighted by molar-refractivity contribution is 0.102. The van der Waals surface area contributed by atoms with Crippen LogP contribution in [0.1, 0.15) is 45.7 Å². The molecule has 3 aromatic rings. The molecule has 1 aromatic heterocycles. The molecule has 154 valence electrons. The molecule has 0 saturated carbocycles. The normalized spacial score (nSPS) is 10.6. The van der Waals surface area contributed by atoms with E-state index in [1.807, 2.05) is 6.92 Å². The number of phenols is 2. The average molecular weight is 408 g/mol. The molecular formula is C20H20N6O4. The molecule has 30 heavy (non-hydrogen) atoms. The summed E-state index contributed by atoms with van der Waals surface area (Å²) in [5, 5.41) is 19.9. The van der Waals surface area contributed by atoms with E-state index in [4.69, 9.17) is 0 Å². The van der Waals surface area contributed by atoms with Crippen molar-refractivity contribution in [1.29, 1.82) is 0 Å². The molecule has 0 aliphatic carbocycles. The first-order chi connectivity index (χ1) is 14.5. The molecule has 1 heterocycles. The zero-order valence-electron chi connectivity index (χ0n) is 16.1. The van der Waals surface area contributed by atoms with Crippen LogP contribution in [-0.2, 0) is 0 Å². The largest absolute Gasteiger partial charge is 0.507 e. The van der Waals surface area contributed by atoms with Gasteiger partial charge < -0.3 is 10.2 Å². The van der Waals surface area contributed by atoms with E-state index in [2.05, 4.69) is 31.3 Å². The van der Waals surface area contributed by atoms with Crippen molar-refractivity contribution >= 4 is 17.5 Å². The number of benzene rings is 2. The van der Waals surface area contributed by atoms with Gasteiger partial charge in [0, 0.05) is 6.54 Å². The van der Waals surface area contributed by atoms with Crippen LogP contribution in [0.15, 0.2) is 48.5 Å². The molecule has 0 aliphatic rings. The zero-order valence-corrected chi connectivity index (χ0v) is 16.1. The molecule has 0 fully saturated rings. The number of carbonyl (C=O) groups is 2. The summed E-state index contributed by atoms with van der Waals surface area (Å²) in [6, 6.07) is 11.9. The van der Waals surface area contributed by atoms with Crippen molar-refractivity contribution in [3.05, 3.63) is 71.3 Å². The van der Waals surface area contributed by atoms with Gasteiger partial charge in [-0.25, -0.2) is 10.4 Å². The molecule has 3 rings (SSSR count). The number of nitrogens with one attached hydrogen (secondary N) is 3. The number of para-hydroxylation sites is 2. The number of aromatic hydroxyl groups is 2. The monoisotopic (exact) mass is 408 g/mol. The number of phenolic OH excluding ortho intramolecular Hbond substituents is 2. The SMILES string of the molecule is CCCNNNc1nc(C(=O)c2ccccc2O)nc(C(=O)c2ccccc2O)n1.